The number of aromatic nitrogens is 2. The van der Waals surface area contributed by atoms with Gasteiger partial charge in [-0.2, -0.15) is 0 Å². The van der Waals surface area contributed by atoms with E-state index in [4.69, 9.17) is 4.74 Å². The van der Waals surface area contributed by atoms with Crippen molar-refractivity contribution in [3.05, 3.63) is 12.4 Å². The Hall–Kier alpha value is -1.36. The second-order valence-corrected chi connectivity index (χ2v) is 6.00. The molecule has 5 nitrogen and oxygen atoms in total. The highest BCUT2D eigenvalue weighted by Gasteiger charge is 2.20. The van der Waals surface area contributed by atoms with Crippen molar-refractivity contribution in [3.63, 3.8) is 0 Å². The highest BCUT2D eigenvalue weighted by molar-refractivity contribution is 5.41. The SMILES string of the molecule is CCCOc1cc(N(CC2CCNCC2)C(C)C)ncn1. The van der Waals surface area contributed by atoms with Gasteiger partial charge in [-0.3, -0.25) is 0 Å². The van der Waals surface area contributed by atoms with Gasteiger partial charge >= 0.3 is 0 Å². The van der Waals surface area contributed by atoms with Crippen LogP contribution in [0.2, 0.25) is 0 Å². The average molecular weight is 292 g/mol. The van der Waals surface area contributed by atoms with Crippen LogP contribution in [0.15, 0.2) is 12.4 Å². The number of nitrogens with one attached hydrogen (secondary N) is 1. The maximum absolute atomic E-state index is 5.63. The van der Waals surface area contributed by atoms with E-state index in [9.17, 15) is 0 Å². The van der Waals surface area contributed by atoms with Crippen molar-refractivity contribution in [1.29, 1.82) is 0 Å². The second-order valence-electron chi connectivity index (χ2n) is 6.00. The van der Waals surface area contributed by atoms with Crippen LogP contribution >= 0.6 is 0 Å². The van der Waals surface area contributed by atoms with Crippen molar-refractivity contribution in [2.75, 3.05) is 31.1 Å². The number of piperidine rings is 1. The lowest BCUT2D eigenvalue weighted by atomic mass is 9.97. The van der Waals surface area contributed by atoms with E-state index < -0.39 is 0 Å². The predicted molar refractivity (Wildman–Crippen MR) is 85.9 cm³/mol. The van der Waals surface area contributed by atoms with Gasteiger partial charge in [0, 0.05) is 18.7 Å². The molecule has 0 radical (unpaired) electrons. The first-order valence-electron chi connectivity index (χ1n) is 8.13. The first-order valence-corrected chi connectivity index (χ1v) is 8.13. The number of ether oxygens (including phenoxy) is 1. The Labute approximate surface area is 128 Å². The van der Waals surface area contributed by atoms with Crippen LogP contribution < -0.4 is 15.0 Å². The summed E-state index contributed by atoms with van der Waals surface area (Å²) in [6.45, 7) is 10.6. The molecule has 0 aromatic carbocycles. The number of nitrogens with zero attached hydrogens (tertiary/aromatic N) is 3. The molecule has 0 saturated carbocycles. The van der Waals surface area contributed by atoms with E-state index in [1.807, 2.05) is 6.07 Å². The molecule has 0 aliphatic carbocycles. The lowest BCUT2D eigenvalue weighted by Gasteiger charge is -2.33. The third-order valence-electron chi connectivity index (χ3n) is 3.91. The molecule has 0 spiro atoms. The molecule has 21 heavy (non-hydrogen) atoms. The molecule has 2 heterocycles. The largest absolute Gasteiger partial charge is 0.478 e. The zero-order valence-corrected chi connectivity index (χ0v) is 13.5. The summed E-state index contributed by atoms with van der Waals surface area (Å²) in [5.74, 6) is 2.39. The molecule has 1 aromatic heterocycles. The van der Waals surface area contributed by atoms with Crippen molar-refractivity contribution in [1.82, 2.24) is 15.3 Å². The topological polar surface area (TPSA) is 50.3 Å². The van der Waals surface area contributed by atoms with Crippen molar-refractivity contribution < 1.29 is 4.74 Å². The van der Waals surface area contributed by atoms with Crippen LogP contribution in [0.4, 0.5) is 5.82 Å². The zero-order chi connectivity index (χ0) is 15.1. The summed E-state index contributed by atoms with van der Waals surface area (Å²) in [6.07, 6.45) is 5.08. The van der Waals surface area contributed by atoms with E-state index in [2.05, 4.69) is 41.0 Å². The third-order valence-corrected chi connectivity index (χ3v) is 3.91. The summed E-state index contributed by atoms with van der Waals surface area (Å²) in [5, 5.41) is 3.43. The normalized spacial score (nSPS) is 16.2. The van der Waals surface area contributed by atoms with Gasteiger partial charge in [0.1, 0.15) is 12.1 Å². The summed E-state index contributed by atoms with van der Waals surface area (Å²) >= 11 is 0. The summed E-state index contributed by atoms with van der Waals surface area (Å²) in [4.78, 5) is 11.0. The van der Waals surface area contributed by atoms with Gasteiger partial charge in [-0.15, -0.1) is 0 Å². The van der Waals surface area contributed by atoms with Crippen LogP contribution in [0.1, 0.15) is 40.0 Å². The van der Waals surface area contributed by atoms with Gasteiger partial charge in [0.2, 0.25) is 5.88 Å². The molecule has 5 heteroatoms. The zero-order valence-electron chi connectivity index (χ0n) is 13.5. The molecule has 1 aliphatic heterocycles. The fourth-order valence-electron chi connectivity index (χ4n) is 2.68. The molecule has 118 valence electrons. The Balaban J connectivity index is 2.05. The second kappa shape index (κ2) is 8.17. The quantitative estimate of drug-likeness (QED) is 0.836. The Morgan fingerprint density at radius 3 is 2.76 bits per heavy atom. The van der Waals surface area contributed by atoms with Crippen molar-refractivity contribution in [2.45, 2.75) is 46.1 Å². The fraction of sp³-hybridized carbons (Fsp3) is 0.750. The summed E-state index contributed by atoms with van der Waals surface area (Å²) in [6, 6.07) is 2.39. The highest BCUT2D eigenvalue weighted by atomic mass is 16.5. The molecule has 1 aliphatic rings. The van der Waals surface area contributed by atoms with Crippen molar-refractivity contribution >= 4 is 5.82 Å². The molecular formula is C16H28N4O. The highest BCUT2D eigenvalue weighted by Crippen LogP contribution is 2.22. The molecular weight excluding hydrogens is 264 g/mol. The smallest absolute Gasteiger partial charge is 0.218 e. The molecule has 0 amide bonds. The van der Waals surface area contributed by atoms with Gasteiger partial charge in [-0.25, -0.2) is 9.97 Å². The lowest BCUT2D eigenvalue weighted by Crippen LogP contribution is -2.40. The van der Waals surface area contributed by atoms with Crippen molar-refractivity contribution in [2.24, 2.45) is 5.92 Å². The van der Waals surface area contributed by atoms with Gasteiger partial charge in [0.25, 0.3) is 0 Å². The van der Waals surface area contributed by atoms with Gasteiger partial charge in [-0.05, 0) is 52.1 Å². The standard InChI is InChI=1S/C16H28N4O/c1-4-9-21-16-10-15(18-12-19-16)20(13(2)3)11-14-5-7-17-8-6-14/h10,12-14,17H,4-9,11H2,1-3H3. The predicted octanol–water partition coefficient (Wildman–Crippen LogP) is 2.48. The molecule has 0 bridgehead atoms. The fourth-order valence-corrected chi connectivity index (χ4v) is 2.68. The first-order chi connectivity index (χ1) is 10.2. The van der Waals surface area contributed by atoms with Crippen LogP contribution in [0.25, 0.3) is 0 Å². The first kappa shape index (κ1) is 16.0. The molecule has 2 rings (SSSR count). The monoisotopic (exact) mass is 292 g/mol. The maximum atomic E-state index is 5.63. The van der Waals surface area contributed by atoms with Crippen LogP contribution in [0.3, 0.4) is 0 Å². The van der Waals surface area contributed by atoms with Gasteiger partial charge < -0.3 is 15.0 Å². The minimum absolute atomic E-state index is 0.425. The molecule has 0 unspecified atom stereocenters. The van der Waals surface area contributed by atoms with Gasteiger partial charge in [0.05, 0.1) is 6.61 Å². The van der Waals surface area contributed by atoms with E-state index >= 15 is 0 Å². The molecule has 1 N–H and O–H groups in total. The number of rotatable bonds is 7. The lowest BCUT2D eigenvalue weighted by molar-refractivity contribution is 0.304. The molecule has 0 atom stereocenters. The Morgan fingerprint density at radius 2 is 2.10 bits per heavy atom. The van der Waals surface area contributed by atoms with Crippen LogP contribution in [-0.4, -0.2) is 42.3 Å². The van der Waals surface area contributed by atoms with E-state index in [0.29, 0.717) is 18.5 Å². The Morgan fingerprint density at radius 1 is 1.33 bits per heavy atom. The summed E-state index contributed by atoms with van der Waals surface area (Å²) in [5.41, 5.74) is 0. The average Bonchev–Trinajstić information content (AvgIpc) is 2.51. The molecule has 1 saturated heterocycles. The summed E-state index contributed by atoms with van der Waals surface area (Å²) in [7, 11) is 0. The van der Waals surface area contributed by atoms with E-state index in [1.165, 1.54) is 12.8 Å². The van der Waals surface area contributed by atoms with Gasteiger partial charge in [0.15, 0.2) is 0 Å². The van der Waals surface area contributed by atoms with E-state index in [0.717, 1.165) is 37.8 Å². The van der Waals surface area contributed by atoms with E-state index in [1.54, 1.807) is 6.33 Å². The third kappa shape index (κ3) is 4.84. The van der Waals surface area contributed by atoms with Crippen LogP contribution in [-0.2, 0) is 0 Å². The minimum Gasteiger partial charge on any atom is -0.478 e. The molecule has 1 fully saturated rings. The summed E-state index contributed by atoms with van der Waals surface area (Å²) < 4.78 is 5.63. The number of hydrogen-bond donors (Lipinski definition) is 1. The van der Waals surface area contributed by atoms with Crippen LogP contribution in [0.5, 0.6) is 5.88 Å². The Bertz CT molecular complexity index is 418. The maximum Gasteiger partial charge on any atom is 0.218 e. The van der Waals surface area contributed by atoms with Gasteiger partial charge in [-0.1, -0.05) is 6.92 Å². The number of hydrogen-bond acceptors (Lipinski definition) is 5. The Kier molecular flexibility index (Phi) is 6.23. The van der Waals surface area contributed by atoms with E-state index in [-0.39, 0.29) is 0 Å². The number of anilines is 1. The molecule has 1 aromatic rings. The minimum atomic E-state index is 0.425. The van der Waals surface area contributed by atoms with Crippen LogP contribution in [0, 0.1) is 5.92 Å². The van der Waals surface area contributed by atoms with Crippen molar-refractivity contribution in [3.8, 4) is 5.88 Å².